The van der Waals surface area contributed by atoms with Crippen molar-refractivity contribution in [1.29, 1.82) is 0 Å². The zero-order valence-corrected chi connectivity index (χ0v) is 20.4. The van der Waals surface area contributed by atoms with Crippen molar-refractivity contribution < 1.29 is 49.5 Å². The molecule has 2 aliphatic rings. The molecule has 0 spiro atoms. The zero-order chi connectivity index (χ0) is 27.6. The number of carboxylic acids is 1. The Labute approximate surface area is 214 Å². The molecule has 0 radical (unpaired) electrons. The highest BCUT2D eigenvalue weighted by molar-refractivity contribution is 6.32. The number of phenols is 4. The van der Waals surface area contributed by atoms with Crippen molar-refractivity contribution in [3.05, 3.63) is 62.2 Å². The number of ketones is 2. The number of fused-ring (bicyclic) bond motifs is 5. The molecule has 0 saturated heterocycles. The van der Waals surface area contributed by atoms with Gasteiger partial charge in [0, 0.05) is 33.4 Å². The van der Waals surface area contributed by atoms with Gasteiger partial charge in [-0.3, -0.25) is 9.59 Å². The Hall–Kier alpha value is -5.06. The summed E-state index contributed by atoms with van der Waals surface area (Å²) in [5.74, 6) is -5.51. The number of carbonyl (C=O) groups excluding carboxylic acids is 2. The van der Waals surface area contributed by atoms with Gasteiger partial charge in [0.2, 0.25) is 5.78 Å². The fraction of sp³-hybridized carbons (Fsp3) is 0.185. The van der Waals surface area contributed by atoms with Gasteiger partial charge in [-0.15, -0.1) is 0 Å². The maximum atomic E-state index is 13.6. The minimum absolute atomic E-state index is 0.00219. The molecule has 0 saturated carbocycles. The number of benzene rings is 3. The predicted molar refractivity (Wildman–Crippen MR) is 132 cm³/mol. The van der Waals surface area contributed by atoms with E-state index in [1.54, 1.807) is 0 Å². The first-order valence-electron chi connectivity index (χ1n) is 11.3. The lowest BCUT2D eigenvalue weighted by atomic mass is 9.74. The second-order valence-electron chi connectivity index (χ2n) is 8.88. The number of nitrogens with zero attached hydrogens (tertiary/aromatic N) is 1. The van der Waals surface area contributed by atoms with Crippen molar-refractivity contribution >= 4 is 23.8 Å². The van der Waals surface area contributed by atoms with Gasteiger partial charge in [0.25, 0.3) is 0 Å². The fourth-order valence-electron chi connectivity index (χ4n) is 5.27. The number of aromatic hydroxyl groups is 4. The zero-order valence-electron chi connectivity index (χ0n) is 20.4. The summed E-state index contributed by atoms with van der Waals surface area (Å²) in [6.45, 7) is 1.38. The molecule has 5 rings (SSSR count). The maximum absolute atomic E-state index is 13.6. The summed E-state index contributed by atoms with van der Waals surface area (Å²) in [6, 6.07) is 2.52. The van der Waals surface area contributed by atoms with Gasteiger partial charge in [-0.1, -0.05) is 5.16 Å². The van der Waals surface area contributed by atoms with Crippen molar-refractivity contribution in [2.75, 3.05) is 14.2 Å². The molecule has 194 valence electrons. The number of ether oxygens (including phenoxy) is 1. The standard InChI is InChI=1S/C27H21NO10/c1-9-14(29)7-13-18(21(9)30)25(34)20-19(22(13)31)24(33)17-12(26(20)37-2)5-4-10-6-11(8-28-38-3)16(27(35)36)23(32)15(10)17/h6-8,29-30,32-33H,4-5H2,1-3H3,(H,35,36). The van der Waals surface area contributed by atoms with E-state index >= 15 is 0 Å². The van der Waals surface area contributed by atoms with E-state index in [1.165, 1.54) is 27.2 Å². The summed E-state index contributed by atoms with van der Waals surface area (Å²) in [6.07, 6.45) is 1.59. The van der Waals surface area contributed by atoms with E-state index in [9.17, 15) is 39.9 Å². The largest absolute Gasteiger partial charge is 0.508 e. The Kier molecular flexibility index (Phi) is 5.52. The number of rotatable bonds is 4. The molecular weight excluding hydrogens is 498 g/mol. The van der Waals surface area contributed by atoms with Crippen LogP contribution in [0.25, 0.3) is 11.1 Å². The summed E-state index contributed by atoms with van der Waals surface area (Å²) in [5, 5.41) is 56.8. The lowest BCUT2D eigenvalue weighted by molar-refractivity contribution is 0.0693. The minimum Gasteiger partial charge on any atom is -0.508 e. The number of phenolic OH excluding ortho intramolecular Hbond substituents is 3. The number of methoxy groups -OCH3 is 1. The van der Waals surface area contributed by atoms with Crippen LogP contribution >= 0.6 is 0 Å². The average Bonchev–Trinajstić information content (AvgIpc) is 2.88. The lowest BCUT2D eigenvalue weighted by Crippen LogP contribution is -2.24. The van der Waals surface area contributed by atoms with Crippen LogP contribution in [0, 0.1) is 6.92 Å². The minimum atomic E-state index is -1.47. The molecule has 38 heavy (non-hydrogen) atoms. The van der Waals surface area contributed by atoms with E-state index in [4.69, 9.17) is 4.74 Å². The molecule has 0 heterocycles. The maximum Gasteiger partial charge on any atom is 0.340 e. The van der Waals surface area contributed by atoms with Crippen LogP contribution in [0.4, 0.5) is 0 Å². The summed E-state index contributed by atoms with van der Waals surface area (Å²) >= 11 is 0. The van der Waals surface area contributed by atoms with Gasteiger partial charge in [0.1, 0.15) is 41.4 Å². The van der Waals surface area contributed by atoms with Crippen LogP contribution in [0.15, 0.2) is 17.3 Å². The van der Waals surface area contributed by atoms with Crippen molar-refractivity contribution in [1.82, 2.24) is 0 Å². The van der Waals surface area contributed by atoms with Crippen LogP contribution in [0.2, 0.25) is 0 Å². The number of carbonyl (C=O) groups is 3. The Morgan fingerprint density at radius 2 is 1.61 bits per heavy atom. The first-order valence-corrected chi connectivity index (χ1v) is 11.3. The number of hydrogen-bond acceptors (Lipinski definition) is 10. The van der Waals surface area contributed by atoms with Crippen LogP contribution in [0.3, 0.4) is 0 Å². The number of aryl methyl sites for hydroxylation is 1. The average molecular weight is 519 g/mol. The van der Waals surface area contributed by atoms with E-state index in [0.29, 0.717) is 5.56 Å². The predicted octanol–water partition coefficient (Wildman–Crippen LogP) is 3.05. The molecule has 11 heteroatoms. The molecule has 0 aliphatic heterocycles. The Morgan fingerprint density at radius 1 is 0.895 bits per heavy atom. The number of carboxylic acid groups (broad SMARTS) is 1. The van der Waals surface area contributed by atoms with Gasteiger partial charge in [0.05, 0.1) is 30.0 Å². The smallest absolute Gasteiger partial charge is 0.340 e. The van der Waals surface area contributed by atoms with Crippen molar-refractivity contribution in [3.63, 3.8) is 0 Å². The van der Waals surface area contributed by atoms with Gasteiger partial charge in [-0.05, 0) is 37.5 Å². The molecule has 11 nitrogen and oxygen atoms in total. The summed E-state index contributed by atoms with van der Waals surface area (Å²) < 4.78 is 5.55. The Balaban J connectivity index is 1.88. The fourth-order valence-corrected chi connectivity index (χ4v) is 5.27. The number of oxime groups is 1. The van der Waals surface area contributed by atoms with Crippen LogP contribution in [-0.4, -0.2) is 63.5 Å². The highest BCUT2D eigenvalue weighted by atomic mass is 16.6. The molecule has 5 N–H and O–H groups in total. The molecule has 0 atom stereocenters. The SMILES string of the molecule is CON=Cc1cc2c(c(O)c1C(=O)O)-c1c(O)c3c(c(OC)c1CC2)C(=O)c1c(cc(O)c(C)c1O)C3=O. The topological polar surface area (TPSA) is 183 Å². The first-order chi connectivity index (χ1) is 18.0. The van der Waals surface area contributed by atoms with Gasteiger partial charge in [-0.2, -0.15) is 0 Å². The molecule has 0 aromatic heterocycles. The molecule has 0 unspecified atom stereocenters. The van der Waals surface area contributed by atoms with Crippen LogP contribution in [0.1, 0.15) is 64.5 Å². The monoisotopic (exact) mass is 519 g/mol. The normalized spacial score (nSPS) is 13.6. The lowest BCUT2D eigenvalue weighted by Gasteiger charge is -2.30. The van der Waals surface area contributed by atoms with Gasteiger partial charge < -0.3 is 35.1 Å². The van der Waals surface area contributed by atoms with Crippen LogP contribution in [0.5, 0.6) is 28.7 Å². The molecule has 0 fully saturated rings. The number of aromatic carboxylic acids is 1. The molecule has 3 aromatic rings. The summed E-state index contributed by atoms with van der Waals surface area (Å²) in [5.41, 5.74) is -1.17. The molecule has 2 aliphatic carbocycles. The summed E-state index contributed by atoms with van der Waals surface area (Å²) in [4.78, 5) is 43.9. The quantitative estimate of drug-likeness (QED) is 0.198. The second kappa shape index (κ2) is 8.51. The summed E-state index contributed by atoms with van der Waals surface area (Å²) in [7, 11) is 2.54. The van der Waals surface area contributed by atoms with E-state index in [0.717, 1.165) is 12.3 Å². The Morgan fingerprint density at radius 3 is 2.24 bits per heavy atom. The third-order valence-electron chi connectivity index (χ3n) is 7.00. The van der Waals surface area contributed by atoms with Gasteiger partial charge >= 0.3 is 5.97 Å². The number of hydrogen-bond donors (Lipinski definition) is 5. The first kappa shape index (κ1) is 24.6. The molecule has 3 aromatic carbocycles. The van der Waals surface area contributed by atoms with E-state index in [2.05, 4.69) is 9.99 Å². The van der Waals surface area contributed by atoms with Crippen molar-refractivity contribution in [2.24, 2.45) is 5.16 Å². The van der Waals surface area contributed by atoms with E-state index in [1.807, 2.05) is 0 Å². The molecule has 0 bridgehead atoms. The third kappa shape index (κ3) is 3.14. The highest BCUT2D eigenvalue weighted by Gasteiger charge is 2.42. The second-order valence-corrected chi connectivity index (χ2v) is 8.88. The van der Waals surface area contributed by atoms with E-state index < -0.39 is 51.7 Å². The van der Waals surface area contributed by atoms with Gasteiger partial charge in [0.15, 0.2) is 5.78 Å². The third-order valence-corrected chi connectivity index (χ3v) is 7.00. The van der Waals surface area contributed by atoms with Crippen molar-refractivity contribution in [2.45, 2.75) is 19.8 Å². The highest BCUT2D eigenvalue weighted by Crippen LogP contribution is 2.54. The Bertz CT molecular complexity index is 1650. The molecular formula is C27H21NO10. The van der Waals surface area contributed by atoms with Gasteiger partial charge in [-0.25, -0.2) is 4.79 Å². The van der Waals surface area contributed by atoms with Crippen LogP contribution in [-0.2, 0) is 17.7 Å². The molecule has 0 amide bonds. The van der Waals surface area contributed by atoms with E-state index in [-0.39, 0.29) is 63.1 Å². The van der Waals surface area contributed by atoms with Crippen molar-refractivity contribution in [3.8, 4) is 39.9 Å². The van der Waals surface area contributed by atoms with Crippen LogP contribution < -0.4 is 4.74 Å².